The fourth-order valence-corrected chi connectivity index (χ4v) is 3.45. The van der Waals surface area contributed by atoms with Gasteiger partial charge in [-0.2, -0.15) is 5.10 Å². The summed E-state index contributed by atoms with van der Waals surface area (Å²) in [5.74, 6) is 1.56. The highest BCUT2D eigenvalue weighted by Gasteiger charge is 2.25. The molecule has 1 aromatic carbocycles. The molecule has 3 rings (SSSR count). The number of piperidine rings is 1. The average molecular weight is 374 g/mol. The number of aryl methyl sites for hydroxylation is 1. The molecule has 0 spiro atoms. The molecule has 27 heavy (non-hydrogen) atoms. The Morgan fingerprint density at radius 3 is 2.48 bits per heavy atom. The number of nitro groups is 1. The van der Waals surface area contributed by atoms with Crippen LogP contribution in [0.1, 0.15) is 31.2 Å². The number of rotatable bonds is 7. The predicted octanol–water partition coefficient (Wildman–Crippen LogP) is 3.31. The second-order valence-corrected chi connectivity index (χ2v) is 6.73. The first-order chi connectivity index (χ1) is 13.0. The first-order valence-electron chi connectivity index (χ1n) is 9.28. The molecule has 1 aromatic heterocycles. The Hall–Kier alpha value is -2.61. The maximum absolute atomic E-state index is 11.2. The Bertz CT molecular complexity index is 797. The van der Waals surface area contributed by atoms with Gasteiger partial charge < -0.3 is 9.47 Å². The molecule has 0 amide bonds. The molecule has 0 atom stereocenters. The van der Waals surface area contributed by atoms with Gasteiger partial charge >= 0.3 is 5.69 Å². The van der Waals surface area contributed by atoms with Gasteiger partial charge in [-0.3, -0.25) is 15.0 Å². The number of hydrogen-bond acceptors (Lipinski definition) is 6. The van der Waals surface area contributed by atoms with Crippen LogP contribution in [-0.4, -0.2) is 45.4 Å². The topological polar surface area (TPSA) is 82.7 Å². The van der Waals surface area contributed by atoms with E-state index in [4.69, 9.17) is 9.47 Å². The Morgan fingerprint density at radius 1 is 1.22 bits per heavy atom. The summed E-state index contributed by atoms with van der Waals surface area (Å²) in [4.78, 5) is 13.0. The second kappa shape index (κ2) is 8.39. The minimum Gasteiger partial charge on any atom is -0.490 e. The van der Waals surface area contributed by atoms with Crippen molar-refractivity contribution in [2.45, 2.75) is 46.4 Å². The molecule has 0 aliphatic carbocycles. The summed E-state index contributed by atoms with van der Waals surface area (Å²) in [5, 5.41) is 15.5. The zero-order chi connectivity index (χ0) is 19.4. The number of para-hydroxylation sites is 2. The van der Waals surface area contributed by atoms with E-state index in [1.807, 2.05) is 31.2 Å². The summed E-state index contributed by atoms with van der Waals surface area (Å²) in [7, 11) is 0. The molecule has 0 bridgehead atoms. The molecule has 0 N–H and O–H groups in total. The van der Waals surface area contributed by atoms with Gasteiger partial charge in [0, 0.05) is 13.1 Å². The molecule has 2 heterocycles. The lowest BCUT2D eigenvalue weighted by atomic mass is 10.1. The van der Waals surface area contributed by atoms with Crippen molar-refractivity contribution < 1.29 is 14.4 Å². The van der Waals surface area contributed by atoms with E-state index >= 15 is 0 Å². The number of benzene rings is 1. The van der Waals surface area contributed by atoms with Crippen molar-refractivity contribution in [1.29, 1.82) is 0 Å². The highest BCUT2D eigenvalue weighted by Crippen LogP contribution is 2.29. The summed E-state index contributed by atoms with van der Waals surface area (Å²) in [6, 6.07) is 7.74. The molecule has 8 nitrogen and oxygen atoms in total. The third-order valence-electron chi connectivity index (χ3n) is 4.84. The number of ether oxygens (including phenoxy) is 2. The molecule has 2 aromatic rings. The van der Waals surface area contributed by atoms with E-state index in [-0.39, 0.29) is 16.7 Å². The normalized spacial score (nSPS) is 15.7. The van der Waals surface area contributed by atoms with Crippen LogP contribution in [0.4, 0.5) is 5.69 Å². The third-order valence-corrected chi connectivity index (χ3v) is 4.84. The van der Waals surface area contributed by atoms with Crippen LogP contribution >= 0.6 is 0 Å². The lowest BCUT2D eigenvalue weighted by molar-refractivity contribution is -0.386. The Morgan fingerprint density at radius 2 is 1.89 bits per heavy atom. The molecule has 0 unspecified atom stereocenters. The average Bonchev–Trinajstić information content (AvgIpc) is 2.92. The van der Waals surface area contributed by atoms with Gasteiger partial charge in [0.15, 0.2) is 11.5 Å². The van der Waals surface area contributed by atoms with Gasteiger partial charge in [0.05, 0.1) is 18.2 Å². The van der Waals surface area contributed by atoms with Crippen molar-refractivity contribution >= 4 is 5.69 Å². The zero-order valence-electron chi connectivity index (χ0n) is 16.1. The maximum Gasteiger partial charge on any atom is 0.312 e. The first kappa shape index (κ1) is 19.2. The van der Waals surface area contributed by atoms with Gasteiger partial charge in [0.2, 0.25) is 0 Å². The van der Waals surface area contributed by atoms with Crippen LogP contribution in [0.5, 0.6) is 11.5 Å². The highest BCUT2D eigenvalue weighted by atomic mass is 16.6. The lowest BCUT2D eigenvalue weighted by Crippen LogP contribution is -2.39. The summed E-state index contributed by atoms with van der Waals surface area (Å²) < 4.78 is 13.5. The molecule has 0 radical (unpaired) electrons. The lowest BCUT2D eigenvalue weighted by Gasteiger charge is -2.32. The molecule has 0 saturated carbocycles. The van der Waals surface area contributed by atoms with Gasteiger partial charge in [0.1, 0.15) is 17.5 Å². The van der Waals surface area contributed by atoms with Crippen molar-refractivity contribution in [2.75, 3.05) is 19.7 Å². The first-order valence-corrected chi connectivity index (χ1v) is 9.28. The summed E-state index contributed by atoms with van der Waals surface area (Å²) in [6.45, 7) is 8.26. The van der Waals surface area contributed by atoms with Gasteiger partial charge in [-0.05, 0) is 45.7 Å². The van der Waals surface area contributed by atoms with E-state index in [2.05, 4.69) is 10.00 Å². The number of hydrogen-bond donors (Lipinski definition) is 0. The van der Waals surface area contributed by atoms with E-state index in [1.165, 1.54) is 0 Å². The Balaban J connectivity index is 1.57. The smallest absolute Gasteiger partial charge is 0.312 e. The largest absolute Gasteiger partial charge is 0.490 e. The molecular formula is C19H26N4O4. The van der Waals surface area contributed by atoms with Gasteiger partial charge in [0.25, 0.3) is 0 Å². The fraction of sp³-hybridized carbons (Fsp3) is 0.526. The van der Waals surface area contributed by atoms with Gasteiger partial charge in [-0.25, -0.2) is 4.68 Å². The van der Waals surface area contributed by atoms with E-state index in [9.17, 15) is 10.1 Å². The molecule has 1 saturated heterocycles. The van der Waals surface area contributed by atoms with Crippen LogP contribution in [0.15, 0.2) is 24.3 Å². The van der Waals surface area contributed by atoms with Crippen molar-refractivity contribution in [3.63, 3.8) is 0 Å². The maximum atomic E-state index is 11.2. The molecule has 1 fully saturated rings. The minimum atomic E-state index is -0.357. The number of nitrogens with zero attached hydrogens (tertiary/aromatic N) is 4. The van der Waals surface area contributed by atoms with Crippen molar-refractivity contribution in [2.24, 2.45) is 0 Å². The number of aromatic nitrogens is 2. The number of likely N-dealkylation sites (tertiary alicyclic amines) is 1. The van der Waals surface area contributed by atoms with Crippen LogP contribution in [0.2, 0.25) is 0 Å². The monoisotopic (exact) mass is 374 g/mol. The van der Waals surface area contributed by atoms with Gasteiger partial charge in [-0.1, -0.05) is 12.1 Å². The molecule has 146 valence electrons. The second-order valence-electron chi connectivity index (χ2n) is 6.73. The summed E-state index contributed by atoms with van der Waals surface area (Å²) >= 11 is 0. The Kier molecular flexibility index (Phi) is 5.95. The SMILES string of the molecule is CCOc1ccccc1OC1CCN(Cn2nc(C)c([N+](=O)[O-])c2C)CC1. The summed E-state index contributed by atoms with van der Waals surface area (Å²) in [5.41, 5.74) is 1.17. The van der Waals surface area contributed by atoms with E-state index in [1.54, 1.807) is 18.5 Å². The van der Waals surface area contributed by atoms with Crippen LogP contribution in [0, 0.1) is 24.0 Å². The van der Waals surface area contributed by atoms with E-state index < -0.39 is 0 Å². The standard InChI is InChI=1S/C19H26N4O4/c1-4-26-17-7-5-6-8-18(17)27-16-9-11-21(12-10-16)13-22-15(3)19(23(24)25)14(2)20-22/h5-8,16H,4,9-13H2,1-3H3. The van der Waals surface area contributed by atoms with Crippen LogP contribution in [0.25, 0.3) is 0 Å². The van der Waals surface area contributed by atoms with Crippen LogP contribution < -0.4 is 9.47 Å². The third kappa shape index (κ3) is 4.39. The van der Waals surface area contributed by atoms with Gasteiger partial charge in [-0.15, -0.1) is 0 Å². The molecule has 1 aliphatic heterocycles. The summed E-state index contributed by atoms with van der Waals surface area (Å²) in [6.07, 6.45) is 1.92. The Labute approximate surface area is 158 Å². The van der Waals surface area contributed by atoms with Crippen molar-refractivity contribution in [3.05, 3.63) is 45.8 Å². The zero-order valence-corrected chi connectivity index (χ0v) is 16.1. The quantitative estimate of drug-likeness (QED) is 0.546. The van der Waals surface area contributed by atoms with E-state index in [0.29, 0.717) is 24.7 Å². The predicted molar refractivity (Wildman–Crippen MR) is 101 cm³/mol. The highest BCUT2D eigenvalue weighted by molar-refractivity contribution is 5.40. The molecular weight excluding hydrogens is 348 g/mol. The van der Waals surface area contributed by atoms with Crippen LogP contribution in [0.3, 0.4) is 0 Å². The van der Waals surface area contributed by atoms with E-state index in [0.717, 1.165) is 37.4 Å². The fourth-order valence-electron chi connectivity index (χ4n) is 3.45. The molecule has 8 heteroatoms. The molecule has 1 aliphatic rings. The van der Waals surface area contributed by atoms with Crippen molar-refractivity contribution in [1.82, 2.24) is 14.7 Å². The van der Waals surface area contributed by atoms with Crippen molar-refractivity contribution in [3.8, 4) is 11.5 Å². The van der Waals surface area contributed by atoms with Crippen LogP contribution in [-0.2, 0) is 6.67 Å². The minimum absolute atomic E-state index is 0.112.